The van der Waals surface area contributed by atoms with Crippen molar-refractivity contribution in [3.63, 3.8) is 0 Å². The molecule has 1 heterocycles. The monoisotopic (exact) mass is 576 g/mol. The zero-order chi connectivity index (χ0) is 30.0. The number of amides is 3. The van der Waals surface area contributed by atoms with Crippen LogP contribution in [0.15, 0.2) is 97.1 Å². The van der Waals surface area contributed by atoms with Gasteiger partial charge in [0.1, 0.15) is 6.54 Å². The van der Waals surface area contributed by atoms with Crippen molar-refractivity contribution in [2.75, 3.05) is 11.9 Å². The average Bonchev–Trinajstić information content (AvgIpc) is 3.21. The third-order valence-electron chi connectivity index (χ3n) is 7.71. The molecular weight excluding hydrogens is 540 g/mol. The number of anilines is 1. The summed E-state index contributed by atoms with van der Waals surface area (Å²) in [5, 5.41) is 5.35. The summed E-state index contributed by atoms with van der Waals surface area (Å²) in [7, 11) is -2.10. The number of hydrogen-bond donors (Lipinski definition) is 1. The minimum absolute atomic E-state index is 0.257. The van der Waals surface area contributed by atoms with Gasteiger partial charge in [-0.25, -0.2) is 0 Å². The molecule has 4 aromatic carbocycles. The van der Waals surface area contributed by atoms with Crippen LogP contribution in [0.5, 0.6) is 0 Å². The molecular formula is C35H36N2O4Si. The number of benzene rings is 4. The van der Waals surface area contributed by atoms with Gasteiger partial charge in [-0.1, -0.05) is 99.6 Å². The molecule has 1 aliphatic heterocycles. The SMILES string of the molecule is Cc1ccc(NC(=O)CN2C(=O)c3ccccc3C2=O)c(C)c1C(O[SiH](c1ccccc1)c1ccccc1)C(C)(C)C. The molecule has 1 aliphatic rings. The smallest absolute Gasteiger partial charge is 0.262 e. The summed E-state index contributed by atoms with van der Waals surface area (Å²) in [4.78, 5) is 39.8. The van der Waals surface area contributed by atoms with Crippen LogP contribution in [-0.4, -0.2) is 38.2 Å². The molecule has 0 spiro atoms. The summed E-state index contributed by atoms with van der Waals surface area (Å²) >= 11 is 0. The lowest BCUT2D eigenvalue weighted by Gasteiger charge is -2.37. The number of imide groups is 1. The van der Waals surface area contributed by atoms with Crippen molar-refractivity contribution in [3.05, 3.63) is 125 Å². The van der Waals surface area contributed by atoms with Gasteiger partial charge in [0, 0.05) is 5.69 Å². The van der Waals surface area contributed by atoms with Crippen LogP contribution < -0.4 is 15.7 Å². The quantitative estimate of drug-likeness (QED) is 0.232. The van der Waals surface area contributed by atoms with Crippen LogP contribution in [0.4, 0.5) is 5.69 Å². The molecule has 1 N–H and O–H groups in total. The molecule has 6 nitrogen and oxygen atoms in total. The van der Waals surface area contributed by atoms with E-state index in [0.717, 1.165) is 21.6 Å². The standard InChI is InChI=1S/C35H36N2O4Si/c1-23-20-21-29(36-30(38)22-37-33(39)27-18-12-13-19-28(27)34(37)40)24(2)31(23)32(35(3,4)5)41-42(25-14-8-6-9-15-25)26-16-10-7-11-17-26/h6-21,32,42H,22H2,1-5H3,(H,36,38). The van der Waals surface area contributed by atoms with Crippen molar-refractivity contribution in [1.82, 2.24) is 4.90 Å². The number of nitrogens with zero attached hydrogens (tertiary/aromatic N) is 1. The fraction of sp³-hybridized carbons (Fsp3) is 0.229. The molecule has 214 valence electrons. The minimum Gasteiger partial charge on any atom is -0.403 e. The van der Waals surface area contributed by atoms with Crippen molar-refractivity contribution in [1.29, 1.82) is 0 Å². The Morgan fingerprint density at radius 3 is 1.79 bits per heavy atom. The molecule has 0 aliphatic carbocycles. The Hall–Kier alpha value is -4.33. The highest BCUT2D eigenvalue weighted by Crippen LogP contribution is 2.41. The van der Waals surface area contributed by atoms with Gasteiger partial charge in [0.15, 0.2) is 0 Å². The molecule has 0 bridgehead atoms. The molecule has 5 rings (SSSR count). The Morgan fingerprint density at radius 1 is 0.786 bits per heavy atom. The third kappa shape index (κ3) is 5.84. The van der Waals surface area contributed by atoms with Crippen LogP contribution in [0.2, 0.25) is 0 Å². The Balaban J connectivity index is 1.44. The Morgan fingerprint density at radius 2 is 1.29 bits per heavy atom. The van der Waals surface area contributed by atoms with E-state index in [0.29, 0.717) is 16.8 Å². The number of aryl methyl sites for hydroxylation is 1. The molecule has 42 heavy (non-hydrogen) atoms. The first-order valence-electron chi connectivity index (χ1n) is 14.2. The molecule has 0 saturated carbocycles. The zero-order valence-corrected chi connectivity index (χ0v) is 25.8. The summed E-state index contributed by atoms with van der Waals surface area (Å²) < 4.78 is 7.20. The van der Waals surface area contributed by atoms with Gasteiger partial charge in [-0.3, -0.25) is 19.3 Å². The maximum Gasteiger partial charge on any atom is 0.262 e. The van der Waals surface area contributed by atoms with Gasteiger partial charge in [-0.05, 0) is 64.5 Å². The van der Waals surface area contributed by atoms with E-state index in [2.05, 4.69) is 81.5 Å². The fourth-order valence-corrected chi connectivity index (χ4v) is 8.22. The lowest BCUT2D eigenvalue weighted by Crippen LogP contribution is -2.47. The summed E-state index contributed by atoms with van der Waals surface area (Å²) in [5.74, 6) is -1.34. The van der Waals surface area contributed by atoms with Crippen LogP contribution in [0.1, 0.15) is 64.3 Å². The van der Waals surface area contributed by atoms with Gasteiger partial charge in [0.25, 0.3) is 11.8 Å². The number of rotatable bonds is 8. The van der Waals surface area contributed by atoms with Crippen molar-refractivity contribution in [3.8, 4) is 0 Å². The predicted molar refractivity (Wildman–Crippen MR) is 169 cm³/mol. The first-order chi connectivity index (χ1) is 20.1. The predicted octanol–water partition coefficient (Wildman–Crippen LogP) is 5.18. The maximum absolute atomic E-state index is 13.2. The highest BCUT2D eigenvalue weighted by atomic mass is 28.3. The minimum atomic E-state index is -2.10. The van der Waals surface area contributed by atoms with E-state index in [1.54, 1.807) is 24.3 Å². The number of hydrogen-bond acceptors (Lipinski definition) is 4. The van der Waals surface area contributed by atoms with Crippen LogP contribution in [-0.2, 0) is 9.22 Å². The van der Waals surface area contributed by atoms with Gasteiger partial charge >= 0.3 is 0 Å². The third-order valence-corrected chi connectivity index (χ3v) is 10.2. The molecule has 0 saturated heterocycles. The summed E-state index contributed by atoms with van der Waals surface area (Å²) in [6, 6.07) is 31.3. The number of carbonyl (C=O) groups is 3. The van der Waals surface area contributed by atoms with Crippen molar-refractivity contribution in [2.24, 2.45) is 5.41 Å². The van der Waals surface area contributed by atoms with E-state index < -0.39 is 26.8 Å². The van der Waals surface area contributed by atoms with E-state index in [-0.39, 0.29) is 18.1 Å². The maximum atomic E-state index is 13.2. The highest BCUT2D eigenvalue weighted by molar-refractivity contribution is 6.80. The molecule has 1 unspecified atom stereocenters. The largest absolute Gasteiger partial charge is 0.403 e. The van der Waals surface area contributed by atoms with E-state index in [9.17, 15) is 14.4 Å². The van der Waals surface area contributed by atoms with Gasteiger partial charge in [0.05, 0.1) is 17.2 Å². The number of carbonyl (C=O) groups excluding carboxylic acids is 3. The molecule has 0 radical (unpaired) electrons. The highest BCUT2D eigenvalue weighted by Gasteiger charge is 2.37. The van der Waals surface area contributed by atoms with E-state index in [4.69, 9.17) is 4.43 Å². The van der Waals surface area contributed by atoms with Gasteiger partial charge in [-0.2, -0.15) is 0 Å². The number of nitrogens with one attached hydrogen (secondary N) is 1. The molecule has 0 aromatic heterocycles. The molecule has 4 aromatic rings. The van der Waals surface area contributed by atoms with Crippen LogP contribution >= 0.6 is 0 Å². The van der Waals surface area contributed by atoms with E-state index in [1.807, 2.05) is 31.2 Å². The normalized spacial score (nSPS) is 13.8. The average molecular weight is 577 g/mol. The molecule has 3 amide bonds. The van der Waals surface area contributed by atoms with E-state index in [1.165, 1.54) is 10.4 Å². The van der Waals surface area contributed by atoms with Gasteiger partial charge < -0.3 is 9.74 Å². The van der Waals surface area contributed by atoms with Crippen molar-refractivity contribution in [2.45, 2.75) is 40.7 Å². The molecule has 0 fully saturated rings. The van der Waals surface area contributed by atoms with E-state index >= 15 is 0 Å². The zero-order valence-electron chi connectivity index (χ0n) is 24.7. The van der Waals surface area contributed by atoms with Gasteiger partial charge in [-0.15, -0.1) is 0 Å². The first-order valence-corrected chi connectivity index (χ1v) is 15.8. The first kappa shape index (κ1) is 29.2. The van der Waals surface area contributed by atoms with Crippen LogP contribution in [0.25, 0.3) is 0 Å². The lowest BCUT2D eigenvalue weighted by molar-refractivity contribution is -0.116. The summed E-state index contributed by atoms with van der Waals surface area (Å²) in [6.45, 7) is 10.2. The van der Waals surface area contributed by atoms with Crippen LogP contribution in [0, 0.1) is 19.3 Å². The Labute approximate surface area is 249 Å². The topological polar surface area (TPSA) is 75.7 Å². The second-order valence-corrected chi connectivity index (χ2v) is 14.2. The second-order valence-electron chi connectivity index (χ2n) is 11.8. The molecule has 7 heteroatoms. The van der Waals surface area contributed by atoms with Crippen LogP contribution in [0.3, 0.4) is 0 Å². The molecule has 1 atom stereocenters. The van der Waals surface area contributed by atoms with Crippen molar-refractivity contribution >= 4 is 42.8 Å². The fourth-order valence-electron chi connectivity index (χ4n) is 5.57. The Kier molecular flexibility index (Phi) is 8.25. The van der Waals surface area contributed by atoms with Gasteiger partial charge in [0.2, 0.25) is 14.9 Å². The summed E-state index contributed by atoms with van der Waals surface area (Å²) in [5.41, 5.74) is 4.03. The number of fused-ring (bicyclic) bond motifs is 1. The summed E-state index contributed by atoms with van der Waals surface area (Å²) in [6.07, 6.45) is -0.261. The Bertz CT molecular complexity index is 1560. The van der Waals surface area contributed by atoms with Crippen molar-refractivity contribution < 1.29 is 18.8 Å². The lowest BCUT2D eigenvalue weighted by atomic mass is 9.81. The second kappa shape index (κ2) is 11.9.